The summed E-state index contributed by atoms with van der Waals surface area (Å²) in [5.41, 5.74) is 6.99. The molecule has 112 valence electrons. The van der Waals surface area contributed by atoms with Crippen LogP contribution in [-0.4, -0.2) is 39.9 Å². The third kappa shape index (κ3) is 3.43. The molecule has 21 heavy (non-hydrogen) atoms. The monoisotopic (exact) mass is 308 g/mol. The number of nitrogens with zero attached hydrogens (tertiary/aromatic N) is 1. The molecule has 0 spiro atoms. The molecule has 7 heteroatoms. The van der Waals surface area contributed by atoms with E-state index in [4.69, 9.17) is 10.8 Å². The second-order valence-electron chi connectivity index (χ2n) is 4.87. The fourth-order valence-electron chi connectivity index (χ4n) is 1.99. The van der Waals surface area contributed by atoms with E-state index in [-0.39, 0.29) is 24.0 Å². The Bertz CT molecular complexity index is 573. The molecule has 1 aliphatic heterocycles. The normalized spacial score (nSPS) is 19.9. The topological polar surface area (TPSA) is 101 Å². The average molecular weight is 308 g/mol. The van der Waals surface area contributed by atoms with Gasteiger partial charge >= 0.3 is 5.97 Å². The summed E-state index contributed by atoms with van der Waals surface area (Å²) < 4.78 is 0. The van der Waals surface area contributed by atoms with Crippen molar-refractivity contribution in [1.82, 2.24) is 0 Å². The predicted octanol–water partition coefficient (Wildman–Crippen LogP) is 0.772. The van der Waals surface area contributed by atoms with Crippen molar-refractivity contribution in [3.8, 4) is 0 Å². The van der Waals surface area contributed by atoms with Gasteiger partial charge in [0.1, 0.15) is 6.04 Å². The summed E-state index contributed by atoms with van der Waals surface area (Å²) in [4.78, 5) is 36.1. The van der Waals surface area contributed by atoms with Gasteiger partial charge in [-0.25, -0.2) is 4.90 Å². The van der Waals surface area contributed by atoms with Crippen LogP contribution in [0.25, 0.3) is 0 Å². The standard InChI is InChI=1S/C14H16N2O4S/c1-8-2-4-9(5-3-8)16-12(17)6-11(13(16)18)21-7-10(15)14(19)20/h2-5,10-11H,6-7,15H2,1H3,(H,19,20)/t10-,11-/m1/s1. The third-order valence-corrected chi connectivity index (χ3v) is 4.51. The minimum Gasteiger partial charge on any atom is -0.480 e. The van der Waals surface area contributed by atoms with Gasteiger partial charge in [0.2, 0.25) is 11.8 Å². The second kappa shape index (κ2) is 6.28. The SMILES string of the molecule is Cc1ccc(N2C(=O)C[C@@H](SC[C@@H](N)C(=O)O)C2=O)cc1. The molecule has 2 atom stereocenters. The lowest BCUT2D eigenvalue weighted by atomic mass is 10.2. The predicted molar refractivity (Wildman–Crippen MR) is 80.1 cm³/mol. The number of carbonyl (C=O) groups excluding carboxylic acids is 2. The summed E-state index contributed by atoms with van der Waals surface area (Å²) in [7, 11) is 0. The van der Waals surface area contributed by atoms with E-state index >= 15 is 0 Å². The van der Waals surface area contributed by atoms with Crippen molar-refractivity contribution >= 4 is 35.2 Å². The first-order valence-electron chi connectivity index (χ1n) is 6.43. The summed E-state index contributed by atoms with van der Waals surface area (Å²) in [6, 6.07) is 6.07. The molecule has 1 heterocycles. The average Bonchev–Trinajstić information content (AvgIpc) is 2.72. The fraction of sp³-hybridized carbons (Fsp3) is 0.357. The zero-order valence-corrected chi connectivity index (χ0v) is 12.3. The Kier molecular flexibility index (Phi) is 4.64. The van der Waals surface area contributed by atoms with Gasteiger partial charge in [0.15, 0.2) is 0 Å². The number of imide groups is 1. The molecule has 1 aromatic rings. The van der Waals surface area contributed by atoms with Gasteiger partial charge in [-0.3, -0.25) is 14.4 Å². The number of nitrogens with two attached hydrogens (primary N) is 1. The van der Waals surface area contributed by atoms with E-state index in [1.165, 1.54) is 0 Å². The minimum absolute atomic E-state index is 0.0731. The Hall–Kier alpha value is -1.86. The summed E-state index contributed by atoms with van der Waals surface area (Å²) in [5, 5.41) is 8.16. The first-order chi connectivity index (χ1) is 9.90. The maximum absolute atomic E-state index is 12.3. The van der Waals surface area contributed by atoms with Crippen molar-refractivity contribution in [3.05, 3.63) is 29.8 Å². The van der Waals surface area contributed by atoms with Crippen LogP contribution in [0.3, 0.4) is 0 Å². The van der Waals surface area contributed by atoms with Crippen LogP contribution in [0, 0.1) is 6.92 Å². The number of carboxylic acids is 1. The van der Waals surface area contributed by atoms with Gasteiger partial charge in [0, 0.05) is 12.2 Å². The lowest BCUT2D eigenvalue weighted by Gasteiger charge is -2.15. The highest BCUT2D eigenvalue weighted by molar-refractivity contribution is 8.00. The molecule has 2 rings (SSSR count). The van der Waals surface area contributed by atoms with Gasteiger partial charge in [-0.2, -0.15) is 0 Å². The van der Waals surface area contributed by atoms with Crippen molar-refractivity contribution in [2.24, 2.45) is 5.73 Å². The highest BCUT2D eigenvalue weighted by Gasteiger charge is 2.40. The highest BCUT2D eigenvalue weighted by Crippen LogP contribution is 2.29. The first kappa shape index (κ1) is 15.5. The number of hydrogen-bond acceptors (Lipinski definition) is 5. The molecule has 0 aliphatic carbocycles. The lowest BCUT2D eigenvalue weighted by Crippen LogP contribution is -2.35. The quantitative estimate of drug-likeness (QED) is 0.779. The Morgan fingerprint density at radius 2 is 2.05 bits per heavy atom. The van der Waals surface area contributed by atoms with Crippen molar-refractivity contribution < 1.29 is 19.5 Å². The minimum atomic E-state index is -1.12. The van der Waals surface area contributed by atoms with Crippen LogP contribution in [0.2, 0.25) is 0 Å². The van der Waals surface area contributed by atoms with E-state index in [0.717, 1.165) is 22.2 Å². The number of rotatable bonds is 5. The molecule has 3 N–H and O–H groups in total. The molecular formula is C14H16N2O4S. The van der Waals surface area contributed by atoms with E-state index in [9.17, 15) is 14.4 Å². The Balaban J connectivity index is 2.06. The molecule has 0 bridgehead atoms. The second-order valence-corrected chi connectivity index (χ2v) is 6.11. The van der Waals surface area contributed by atoms with Gasteiger partial charge < -0.3 is 10.8 Å². The molecule has 1 saturated heterocycles. The van der Waals surface area contributed by atoms with Crippen molar-refractivity contribution in [2.45, 2.75) is 24.6 Å². The Morgan fingerprint density at radius 3 is 2.62 bits per heavy atom. The smallest absolute Gasteiger partial charge is 0.321 e. The molecule has 1 aliphatic rings. The molecule has 0 radical (unpaired) electrons. The maximum atomic E-state index is 12.3. The molecule has 1 aromatic carbocycles. The van der Waals surface area contributed by atoms with Crippen LogP contribution >= 0.6 is 11.8 Å². The number of carboxylic acid groups (broad SMARTS) is 1. The van der Waals surface area contributed by atoms with Crippen LogP contribution < -0.4 is 10.6 Å². The first-order valence-corrected chi connectivity index (χ1v) is 7.48. The number of aryl methyl sites for hydroxylation is 1. The van der Waals surface area contributed by atoms with Crippen molar-refractivity contribution in [2.75, 3.05) is 10.7 Å². The lowest BCUT2D eigenvalue weighted by molar-refractivity contribution is -0.138. The largest absolute Gasteiger partial charge is 0.480 e. The molecule has 1 fully saturated rings. The van der Waals surface area contributed by atoms with Crippen LogP contribution in [0.4, 0.5) is 5.69 Å². The third-order valence-electron chi connectivity index (χ3n) is 3.19. The van der Waals surface area contributed by atoms with Crippen LogP contribution in [0.1, 0.15) is 12.0 Å². The Labute approximate surface area is 126 Å². The van der Waals surface area contributed by atoms with Gasteiger partial charge in [0.05, 0.1) is 10.9 Å². The summed E-state index contributed by atoms with van der Waals surface area (Å²) in [5.74, 6) is -1.60. The van der Waals surface area contributed by atoms with Crippen LogP contribution in [0.15, 0.2) is 24.3 Å². The Morgan fingerprint density at radius 1 is 1.43 bits per heavy atom. The van der Waals surface area contributed by atoms with Gasteiger partial charge in [-0.15, -0.1) is 11.8 Å². The number of amides is 2. The summed E-state index contributed by atoms with van der Waals surface area (Å²) in [6.45, 7) is 1.92. The number of aliphatic carboxylic acids is 1. The van der Waals surface area contributed by atoms with Gasteiger partial charge in [-0.05, 0) is 19.1 Å². The van der Waals surface area contributed by atoms with Crippen molar-refractivity contribution in [3.63, 3.8) is 0 Å². The van der Waals surface area contributed by atoms with E-state index in [2.05, 4.69) is 0 Å². The maximum Gasteiger partial charge on any atom is 0.321 e. The summed E-state index contributed by atoms with van der Waals surface area (Å²) >= 11 is 1.12. The highest BCUT2D eigenvalue weighted by atomic mass is 32.2. The number of thioether (sulfide) groups is 1. The molecule has 0 unspecified atom stereocenters. The van der Waals surface area contributed by atoms with Crippen LogP contribution in [0.5, 0.6) is 0 Å². The number of benzene rings is 1. The fourth-order valence-corrected chi connectivity index (χ4v) is 3.08. The van der Waals surface area contributed by atoms with E-state index in [0.29, 0.717) is 5.69 Å². The van der Waals surface area contributed by atoms with E-state index in [1.54, 1.807) is 12.1 Å². The molecular weight excluding hydrogens is 292 g/mol. The zero-order valence-electron chi connectivity index (χ0n) is 11.5. The molecule has 0 aromatic heterocycles. The summed E-state index contributed by atoms with van der Waals surface area (Å²) in [6.07, 6.45) is 0.0731. The van der Waals surface area contributed by atoms with E-state index in [1.807, 2.05) is 19.1 Å². The van der Waals surface area contributed by atoms with Gasteiger partial charge in [-0.1, -0.05) is 17.7 Å². The van der Waals surface area contributed by atoms with E-state index < -0.39 is 17.3 Å². The molecule has 0 saturated carbocycles. The van der Waals surface area contributed by atoms with Crippen LogP contribution in [-0.2, 0) is 14.4 Å². The zero-order chi connectivity index (χ0) is 15.6. The van der Waals surface area contributed by atoms with Gasteiger partial charge in [0.25, 0.3) is 0 Å². The molecule has 2 amide bonds. The van der Waals surface area contributed by atoms with Crippen molar-refractivity contribution in [1.29, 1.82) is 0 Å². The molecule has 6 nitrogen and oxygen atoms in total. The number of carbonyl (C=O) groups is 3. The number of hydrogen-bond donors (Lipinski definition) is 2. The number of anilines is 1.